The molecular formula is C31H30F3N7O4. The predicted molar refractivity (Wildman–Crippen MR) is 159 cm³/mol. The topological polar surface area (TPSA) is 122 Å². The van der Waals surface area contributed by atoms with Gasteiger partial charge in [-0.1, -0.05) is 6.07 Å². The van der Waals surface area contributed by atoms with Crippen LogP contribution in [0.3, 0.4) is 0 Å². The Morgan fingerprint density at radius 1 is 1.11 bits per heavy atom. The van der Waals surface area contributed by atoms with Gasteiger partial charge in [0, 0.05) is 62.0 Å². The molecule has 2 N–H and O–H groups in total. The molecule has 0 saturated carbocycles. The van der Waals surface area contributed by atoms with Crippen LogP contribution in [0.15, 0.2) is 61.1 Å². The van der Waals surface area contributed by atoms with Crippen molar-refractivity contribution in [2.45, 2.75) is 38.0 Å². The average Bonchev–Trinajstić information content (AvgIpc) is 3.44. The van der Waals surface area contributed by atoms with E-state index in [1.165, 1.54) is 19.2 Å². The maximum atomic E-state index is 13.1. The summed E-state index contributed by atoms with van der Waals surface area (Å²) >= 11 is 0. The van der Waals surface area contributed by atoms with Crippen LogP contribution in [0.5, 0.6) is 5.75 Å². The molecule has 0 atom stereocenters. The number of halogens is 3. The van der Waals surface area contributed by atoms with Crippen molar-refractivity contribution in [1.82, 2.24) is 25.0 Å². The normalized spacial score (nSPS) is 16.6. The molecule has 0 unspecified atom stereocenters. The first-order valence-electron chi connectivity index (χ1n) is 14.4. The highest BCUT2D eigenvalue weighted by molar-refractivity contribution is 6.07. The molecule has 0 bridgehead atoms. The van der Waals surface area contributed by atoms with Gasteiger partial charge in [0.25, 0.3) is 5.91 Å². The highest BCUT2D eigenvalue weighted by atomic mass is 19.4. The van der Waals surface area contributed by atoms with E-state index in [-0.39, 0.29) is 23.9 Å². The number of rotatable bonds is 7. The van der Waals surface area contributed by atoms with E-state index < -0.39 is 23.7 Å². The fourth-order valence-electron chi connectivity index (χ4n) is 5.73. The minimum atomic E-state index is -4.56. The molecule has 2 fully saturated rings. The molecule has 4 amide bonds. The third kappa shape index (κ3) is 6.45. The summed E-state index contributed by atoms with van der Waals surface area (Å²) in [7, 11) is 1.44. The number of nitrogens with zero attached hydrogens (tertiary/aromatic N) is 5. The van der Waals surface area contributed by atoms with Crippen molar-refractivity contribution in [2.24, 2.45) is 0 Å². The molecule has 4 aromatic rings. The van der Waals surface area contributed by atoms with E-state index in [4.69, 9.17) is 9.84 Å². The zero-order valence-electron chi connectivity index (χ0n) is 24.3. The summed E-state index contributed by atoms with van der Waals surface area (Å²) in [4.78, 5) is 44.9. The monoisotopic (exact) mass is 621 g/mol. The number of ether oxygens (including phenoxy) is 1. The number of alkyl halides is 3. The van der Waals surface area contributed by atoms with E-state index in [1.807, 2.05) is 16.9 Å². The van der Waals surface area contributed by atoms with Crippen molar-refractivity contribution in [3.8, 4) is 5.75 Å². The Morgan fingerprint density at radius 2 is 1.91 bits per heavy atom. The van der Waals surface area contributed by atoms with Gasteiger partial charge in [-0.2, -0.15) is 18.3 Å². The molecular weight excluding hydrogens is 591 g/mol. The molecule has 2 aromatic heterocycles. The molecule has 2 aliphatic heterocycles. The number of carbonyl (C=O) groups excluding carboxylic acids is 3. The number of hydrogen-bond donors (Lipinski definition) is 2. The first kappa shape index (κ1) is 30.1. The molecule has 4 heterocycles. The van der Waals surface area contributed by atoms with Gasteiger partial charge in [0.2, 0.25) is 5.91 Å². The van der Waals surface area contributed by atoms with Gasteiger partial charge >= 0.3 is 12.2 Å². The number of methoxy groups -OCH3 is 1. The Hall–Kier alpha value is -4.98. The van der Waals surface area contributed by atoms with E-state index in [1.54, 1.807) is 29.4 Å². The molecule has 11 nitrogen and oxygen atoms in total. The fourth-order valence-corrected chi connectivity index (χ4v) is 5.73. The second-order valence-electron chi connectivity index (χ2n) is 11.0. The number of benzene rings is 2. The molecule has 2 saturated heterocycles. The van der Waals surface area contributed by atoms with Crippen LogP contribution < -0.4 is 20.3 Å². The number of carbonyl (C=O) groups is 3. The third-order valence-corrected chi connectivity index (χ3v) is 8.10. The Bertz CT molecular complexity index is 1770. The number of nitrogens with one attached hydrogen (secondary N) is 2. The van der Waals surface area contributed by atoms with Crippen LogP contribution in [0.1, 0.15) is 46.8 Å². The van der Waals surface area contributed by atoms with Crippen LogP contribution in [0.2, 0.25) is 0 Å². The highest BCUT2D eigenvalue weighted by Crippen LogP contribution is 2.34. The Labute approximate surface area is 256 Å². The third-order valence-electron chi connectivity index (χ3n) is 8.10. The van der Waals surface area contributed by atoms with Crippen molar-refractivity contribution in [1.29, 1.82) is 0 Å². The second-order valence-corrected chi connectivity index (χ2v) is 11.0. The summed E-state index contributed by atoms with van der Waals surface area (Å²) in [5.74, 6) is -0.641. The number of pyridine rings is 1. The summed E-state index contributed by atoms with van der Waals surface area (Å²) in [5.41, 5.74) is 1.59. The highest BCUT2D eigenvalue weighted by Gasteiger charge is 2.31. The number of piperidine rings is 1. The van der Waals surface area contributed by atoms with E-state index >= 15 is 0 Å². The molecule has 234 valence electrons. The molecule has 0 radical (unpaired) electrons. The predicted octanol–water partition coefficient (Wildman–Crippen LogP) is 4.99. The number of likely N-dealkylation sites (tertiary alicyclic amines) is 1. The van der Waals surface area contributed by atoms with Gasteiger partial charge < -0.3 is 10.1 Å². The van der Waals surface area contributed by atoms with Gasteiger partial charge in [0.1, 0.15) is 5.75 Å². The van der Waals surface area contributed by atoms with Gasteiger partial charge in [0.15, 0.2) is 0 Å². The Kier molecular flexibility index (Phi) is 8.14. The van der Waals surface area contributed by atoms with Gasteiger partial charge in [-0.15, -0.1) is 0 Å². The maximum absolute atomic E-state index is 13.1. The van der Waals surface area contributed by atoms with Crippen molar-refractivity contribution >= 4 is 40.1 Å². The van der Waals surface area contributed by atoms with E-state index in [0.717, 1.165) is 49.0 Å². The van der Waals surface area contributed by atoms with Crippen LogP contribution in [0.4, 0.5) is 29.3 Å². The summed E-state index contributed by atoms with van der Waals surface area (Å²) in [5, 5.41) is 10.5. The Morgan fingerprint density at radius 3 is 2.64 bits per heavy atom. The quantitative estimate of drug-likeness (QED) is 0.298. The first-order chi connectivity index (χ1) is 21.6. The second kappa shape index (κ2) is 12.2. The average molecular weight is 622 g/mol. The Balaban J connectivity index is 1.13. The van der Waals surface area contributed by atoms with Crippen LogP contribution in [0, 0.1) is 0 Å². The number of anilines is 2. The molecule has 45 heavy (non-hydrogen) atoms. The summed E-state index contributed by atoms with van der Waals surface area (Å²) in [6.45, 7) is 2.50. The number of aromatic nitrogens is 3. The lowest BCUT2D eigenvalue weighted by atomic mass is 10.0. The van der Waals surface area contributed by atoms with Gasteiger partial charge in [-0.05, 0) is 48.7 Å². The van der Waals surface area contributed by atoms with E-state index in [2.05, 4.69) is 20.5 Å². The smallest absolute Gasteiger partial charge is 0.416 e. The van der Waals surface area contributed by atoms with Crippen LogP contribution in [-0.4, -0.2) is 64.3 Å². The maximum Gasteiger partial charge on any atom is 0.416 e. The van der Waals surface area contributed by atoms with Crippen LogP contribution in [0.25, 0.3) is 10.9 Å². The number of hydrogen-bond acceptors (Lipinski definition) is 7. The molecule has 0 spiro atoms. The lowest BCUT2D eigenvalue weighted by Crippen LogP contribution is -2.50. The zero-order chi connectivity index (χ0) is 31.7. The standard InChI is InChI=1S/C31H30F3N7O4/c1-45-27-15-24-21(14-25(27)36-29(43)19-3-2-4-22(13-19)31(32,33)34)18-41(38-24)23-6-10-39(11-7-23)17-20-5-9-35-16-26(20)40-12-8-28(42)37-30(40)44/h2-5,9,13-16,18,23H,6-8,10-12,17H2,1H3,(H,36,43)(H,37,42,44). The number of imide groups is 1. The van der Waals surface area contributed by atoms with Crippen molar-refractivity contribution in [2.75, 3.05) is 37.0 Å². The van der Waals surface area contributed by atoms with Crippen LogP contribution in [-0.2, 0) is 17.5 Å². The fraction of sp³-hybridized carbons (Fsp3) is 0.323. The number of urea groups is 1. The molecule has 14 heteroatoms. The minimum absolute atomic E-state index is 0.123. The summed E-state index contributed by atoms with van der Waals surface area (Å²) < 4.78 is 46.8. The summed E-state index contributed by atoms with van der Waals surface area (Å²) in [6, 6.07) is 9.21. The SMILES string of the molecule is COc1cc2nn(C3CCN(Cc4ccncc4N4CCC(=O)NC4=O)CC3)cc2cc1NC(=O)c1cccc(C(F)(F)F)c1. The number of fused-ring (bicyclic) bond motifs is 1. The summed E-state index contributed by atoms with van der Waals surface area (Å²) in [6.07, 6.45) is 2.56. The van der Waals surface area contributed by atoms with E-state index in [0.29, 0.717) is 35.7 Å². The molecule has 0 aliphatic carbocycles. The zero-order valence-corrected chi connectivity index (χ0v) is 24.3. The van der Waals surface area contributed by atoms with Crippen molar-refractivity contribution in [3.05, 3.63) is 77.7 Å². The number of amides is 4. The van der Waals surface area contributed by atoms with Gasteiger partial charge in [-0.3, -0.25) is 34.4 Å². The molecule has 2 aromatic carbocycles. The van der Waals surface area contributed by atoms with Crippen LogP contribution >= 0.6 is 0 Å². The van der Waals surface area contributed by atoms with E-state index in [9.17, 15) is 27.6 Å². The lowest BCUT2D eigenvalue weighted by Gasteiger charge is -2.33. The molecule has 6 rings (SSSR count). The van der Waals surface area contributed by atoms with Gasteiger partial charge in [0.05, 0.1) is 41.8 Å². The van der Waals surface area contributed by atoms with Crippen molar-refractivity contribution < 1.29 is 32.3 Å². The van der Waals surface area contributed by atoms with Gasteiger partial charge in [-0.25, -0.2) is 4.79 Å². The minimum Gasteiger partial charge on any atom is -0.494 e. The van der Waals surface area contributed by atoms with Crippen molar-refractivity contribution in [3.63, 3.8) is 0 Å². The molecule has 2 aliphatic rings. The lowest BCUT2D eigenvalue weighted by molar-refractivity contribution is -0.137. The first-order valence-corrected chi connectivity index (χ1v) is 14.4. The largest absolute Gasteiger partial charge is 0.494 e.